The van der Waals surface area contributed by atoms with Crippen LogP contribution in [-0.2, 0) is 4.74 Å². The summed E-state index contributed by atoms with van der Waals surface area (Å²) in [6, 6.07) is 3.90. The number of nitrogens with zero attached hydrogens (tertiary/aromatic N) is 1. The molecule has 0 bridgehead atoms. The fourth-order valence-corrected chi connectivity index (χ4v) is 1.23. The van der Waals surface area contributed by atoms with Crippen LogP contribution >= 0.6 is 0 Å². The van der Waals surface area contributed by atoms with Crippen molar-refractivity contribution >= 4 is 11.7 Å². The number of rotatable bonds is 5. The third kappa shape index (κ3) is 3.31. The Bertz CT molecular complexity index is 495. The first-order valence-corrected chi connectivity index (χ1v) is 5.09. The lowest BCUT2D eigenvalue weighted by atomic mass is 10.2. The maximum Gasteiger partial charge on any atom is 0.338 e. The number of hydrogen-bond acceptors (Lipinski definition) is 5. The summed E-state index contributed by atoms with van der Waals surface area (Å²) in [4.78, 5) is 21.5. The summed E-state index contributed by atoms with van der Waals surface area (Å²) in [5.74, 6) is -0.541. The Morgan fingerprint density at radius 3 is 2.67 bits per heavy atom. The van der Waals surface area contributed by atoms with Crippen molar-refractivity contribution < 1.29 is 19.2 Å². The molecule has 0 aliphatic carbocycles. The number of ether oxygens (including phenoxy) is 2. The Hall–Kier alpha value is -2.37. The summed E-state index contributed by atoms with van der Waals surface area (Å²) in [5, 5.41) is 10.9. The molecule has 0 saturated heterocycles. The minimum Gasteiger partial charge on any atom is -0.482 e. The summed E-state index contributed by atoms with van der Waals surface area (Å²) >= 11 is 0. The van der Waals surface area contributed by atoms with Gasteiger partial charge in [0.2, 0.25) is 0 Å². The van der Waals surface area contributed by atoms with E-state index in [1.807, 2.05) is 0 Å². The lowest BCUT2D eigenvalue weighted by molar-refractivity contribution is -0.385. The minimum atomic E-state index is -0.635. The third-order valence-corrected chi connectivity index (χ3v) is 2.05. The molecule has 0 heterocycles. The highest BCUT2D eigenvalue weighted by molar-refractivity contribution is 5.90. The van der Waals surface area contributed by atoms with Crippen LogP contribution in [0.15, 0.2) is 30.4 Å². The van der Waals surface area contributed by atoms with Crippen molar-refractivity contribution in [3.05, 3.63) is 46.0 Å². The van der Waals surface area contributed by atoms with Crippen LogP contribution in [0.25, 0.3) is 0 Å². The van der Waals surface area contributed by atoms with Crippen LogP contribution in [-0.4, -0.2) is 24.6 Å². The van der Waals surface area contributed by atoms with E-state index in [0.717, 1.165) is 11.6 Å². The molecule has 0 spiro atoms. The maximum absolute atomic E-state index is 11.3. The van der Waals surface area contributed by atoms with Crippen molar-refractivity contribution in [2.75, 3.05) is 13.7 Å². The van der Waals surface area contributed by atoms with E-state index in [0.29, 0.717) is 0 Å². The smallest absolute Gasteiger partial charge is 0.338 e. The standard InChI is InChI=1S/C12H13NO5/c1-8(2)7-18-11-5-4-9(12(14)17-3)6-10(11)13(15)16/h4-6H,1,7H2,2-3H3. The number of hydrogen-bond donors (Lipinski definition) is 0. The summed E-state index contributed by atoms with van der Waals surface area (Å²) in [7, 11) is 1.21. The third-order valence-electron chi connectivity index (χ3n) is 2.05. The lowest BCUT2D eigenvalue weighted by Crippen LogP contribution is -2.05. The van der Waals surface area contributed by atoms with Gasteiger partial charge < -0.3 is 9.47 Å². The van der Waals surface area contributed by atoms with Crippen LogP contribution in [0.5, 0.6) is 5.75 Å². The zero-order valence-corrected chi connectivity index (χ0v) is 10.1. The van der Waals surface area contributed by atoms with Gasteiger partial charge in [-0.3, -0.25) is 10.1 Å². The van der Waals surface area contributed by atoms with Gasteiger partial charge in [0, 0.05) is 6.07 Å². The number of esters is 1. The van der Waals surface area contributed by atoms with Crippen molar-refractivity contribution in [3.8, 4) is 5.75 Å². The van der Waals surface area contributed by atoms with E-state index in [1.54, 1.807) is 6.92 Å². The summed E-state index contributed by atoms with van der Waals surface area (Å²) < 4.78 is 9.73. The predicted molar refractivity (Wildman–Crippen MR) is 64.7 cm³/mol. The van der Waals surface area contributed by atoms with Gasteiger partial charge in [-0.15, -0.1) is 0 Å². The molecule has 0 unspecified atom stereocenters. The number of carbonyl (C=O) groups excluding carboxylic acids is 1. The summed E-state index contributed by atoms with van der Waals surface area (Å²) in [6.07, 6.45) is 0. The molecule has 6 heteroatoms. The fraction of sp³-hybridized carbons (Fsp3) is 0.250. The van der Waals surface area contributed by atoms with Crippen molar-refractivity contribution in [1.82, 2.24) is 0 Å². The second-order valence-electron chi connectivity index (χ2n) is 3.68. The zero-order valence-electron chi connectivity index (χ0n) is 10.1. The molecule has 1 aromatic carbocycles. The SMILES string of the molecule is C=C(C)COc1ccc(C(=O)OC)cc1[N+](=O)[O-]. The quantitative estimate of drug-likeness (QED) is 0.347. The Kier molecular flexibility index (Phi) is 4.42. The monoisotopic (exact) mass is 251 g/mol. The van der Waals surface area contributed by atoms with Gasteiger partial charge in [0.15, 0.2) is 5.75 Å². The molecule has 0 fully saturated rings. The minimum absolute atomic E-state index is 0.0932. The van der Waals surface area contributed by atoms with Gasteiger partial charge in [0.25, 0.3) is 0 Å². The molecule has 0 aromatic heterocycles. The van der Waals surface area contributed by atoms with Gasteiger partial charge in [-0.2, -0.15) is 0 Å². The topological polar surface area (TPSA) is 78.7 Å². The van der Waals surface area contributed by atoms with Crippen molar-refractivity contribution in [1.29, 1.82) is 0 Å². The van der Waals surface area contributed by atoms with E-state index in [1.165, 1.54) is 19.2 Å². The molecule has 0 aliphatic rings. The first-order chi connectivity index (χ1) is 8.45. The Morgan fingerprint density at radius 2 is 2.17 bits per heavy atom. The summed E-state index contributed by atoms with van der Waals surface area (Å²) in [5.41, 5.74) is 0.562. The van der Waals surface area contributed by atoms with Crippen LogP contribution in [0.4, 0.5) is 5.69 Å². The molecule has 0 N–H and O–H groups in total. The highest BCUT2D eigenvalue weighted by Gasteiger charge is 2.19. The van der Waals surface area contributed by atoms with Crippen LogP contribution in [0.3, 0.4) is 0 Å². The molecule has 96 valence electrons. The molecule has 0 aliphatic heterocycles. The largest absolute Gasteiger partial charge is 0.482 e. The molecule has 1 rings (SSSR count). The van der Waals surface area contributed by atoms with Crippen molar-refractivity contribution in [2.24, 2.45) is 0 Å². The molecule has 0 saturated carbocycles. The predicted octanol–water partition coefficient (Wildman–Crippen LogP) is 2.34. The van der Waals surface area contributed by atoms with Crippen LogP contribution in [0.1, 0.15) is 17.3 Å². The van der Waals surface area contributed by atoms with E-state index in [-0.39, 0.29) is 23.6 Å². The normalized spacial score (nSPS) is 9.67. The maximum atomic E-state index is 11.3. The first-order valence-electron chi connectivity index (χ1n) is 5.09. The Morgan fingerprint density at radius 1 is 1.50 bits per heavy atom. The van der Waals surface area contributed by atoms with Crippen LogP contribution < -0.4 is 4.74 Å². The highest BCUT2D eigenvalue weighted by atomic mass is 16.6. The molecule has 18 heavy (non-hydrogen) atoms. The highest BCUT2D eigenvalue weighted by Crippen LogP contribution is 2.28. The first kappa shape index (κ1) is 13.7. The van der Waals surface area contributed by atoms with Crippen molar-refractivity contribution in [3.63, 3.8) is 0 Å². The van der Waals surface area contributed by atoms with E-state index < -0.39 is 10.9 Å². The van der Waals surface area contributed by atoms with Gasteiger partial charge in [-0.05, 0) is 24.6 Å². The van der Waals surface area contributed by atoms with E-state index in [4.69, 9.17) is 4.74 Å². The molecular formula is C12H13NO5. The zero-order chi connectivity index (χ0) is 13.7. The summed E-state index contributed by atoms with van der Waals surface area (Å²) in [6.45, 7) is 5.56. The lowest BCUT2D eigenvalue weighted by Gasteiger charge is -2.07. The number of nitro groups is 1. The van der Waals surface area contributed by atoms with Crippen LogP contribution in [0.2, 0.25) is 0 Å². The van der Waals surface area contributed by atoms with Gasteiger partial charge in [-0.1, -0.05) is 6.58 Å². The van der Waals surface area contributed by atoms with Crippen LogP contribution in [0, 0.1) is 10.1 Å². The molecule has 0 radical (unpaired) electrons. The van der Waals surface area contributed by atoms with Gasteiger partial charge in [0.1, 0.15) is 6.61 Å². The molecule has 0 atom stereocenters. The van der Waals surface area contributed by atoms with E-state index >= 15 is 0 Å². The van der Waals surface area contributed by atoms with E-state index in [2.05, 4.69) is 11.3 Å². The number of methoxy groups -OCH3 is 1. The van der Waals surface area contributed by atoms with Gasteiger partial charge in [-0.25, -0.2) is 4.79 Å². The average molecular weight is 251 g/mol. The number of benzene rings is 1. The van der Waals surface area contributed by atoms with E-state index in [9.17, 15) is 14.9 Å². The number of nitro benzene ring substituents is 1. The molecule has 1 aromatic rings. The van der Waals surface area contributed by atoms with Gasteiger partial charge in [0.05, 0.1) is 17.6 Å². The Balaban J connectivity index is 3.08. The average Bonchev–Trinajstić information content (AvgIpc) is 2.34. The molecule has 0 amide bonds. The molecular weight excluding hydrogens is 238 g/mol. The second-order valence-corrected chi connectivity index (χ2v) is 3.68. The fourth-order valence-electron chi connectivity index (χ4n) is 1.23. The van der Waals surface area contributed by atoms with Gasteiger partial charge >= 0.3 is 11.7 Å². The molecule has 6 nitrogen and oxygen atoms in total. The Labute approximate surface area is 104 Å². The number of carbonyl (C=O) groups is 1. The van der Waals surface area contributed by atoms with Crippen molar-refractivity contribution in [2.45, 2.75) is 6.92 Å². The second kappa shape index (κ2) is 5.81.